The molecule has 0 radical (unpaired) electrons. The molecule has 1 unspecified atom stereocenters. The normalized spacial score (nSPS) is 20.5. The van der Waals surface area contributed by atoms with E-state index in [9.17, 15) is 9.59 Å². The Bertz CT molecular complexity index is 694. The van der Waals surface area contributed by atoms with Gasteiger partial charge < -0.3 is 9.80 Å². The summed E-state index contributed by atoms with van der Waals surface area (Å²) in [5, 5.41) is 0. The van der Waals surface area contributed by atoms with Crippen molar-refractivity contribution in [2.45, 2.75) is 25.2 Å². The predicted octanol–water partition coefficient (Wildman–Crippen LogP) is 0.565. The number of carbonyl (C=O) groups excluding carboxylic acids is 1. The molecule has 1 saturated heterocycles. The first-order valence-electron chi connectivity index (χ1n) is 7.62. The molecular weight excluding hydrogens is 280 g/mol. The molecule has 1 atom stereocenters. The van der Waals surface area contributed by atoms with Crippen molar-refractivity contribution in [1.82, 2.24) is 14.9 Å². The van der Waals surface area contributed by atoms with Crippen LogP contribution in [0.2, 0.25) is 0 Å². The lowest BCUT2D eigenvalue weighted by Gasteiger charge is -2.15. The second kappa shape index (κ2) is 5.84. The average molecular weight is 300 g/mol. The first kappa shape index (κ1) is 14.6. The molecule has 2 heterocycles. The molecule has 0 aromatic carbocycles. The SMILES string of the molecule is CN(C)c1nc(C2CCN(C(=O)C#CC3CC3)C2)cc(=O)[nH]1. The Morgan fingerprint density at radius 1 is 1.41 bits per heavy atom. The van der Waals surface area contributed by atoms with E-state index >= 15 is 0 Å². The summed E-state index contributed by atoms with van der Waals surface area (Å²) in [5.74, 6) is 6.71. The number of H-pyrrole nitrogens is 1. The average Bonchev–Trinajstić information content (AvgIpc) is 3.18. The Morgan fingerprint density at radius 3 is 2.86 bits per heavy atom. The minimum atomic E-state index is -0.160. The quantitative estimate of drug-likeness (QED) is 0.811. The van der Waals surface area contributed by atoms with Crippen LogP contribution < -0.4 is 10.5 Å². The molecule has 2 fully saturated rings. The van der Waals surface area contributed by atoms with E-state index in [1.54, 1.807) is 9.80 Å². The van der Waals surface area contributed by atoms with Crippen molar-refractivity contribution in [2.75, 3.05) is 32.1 Å². The van der Waals surface area contributed by atoms with Gasteiger partial charge in [-0.25, -0.2) is 4.98 Å². The highest BCUT2D eigenvalue weighted by molar-refractivity contribution is 5.93. The first-order chi connectivity index (χ1) is 10.5. The van der Waals surface area contributed by atoms with E-state index in [0.717, 1.165) is 25.0 Å². The molecule has 1 aromatic heterocycles. The highest BCUT2D eigenvalue weighted by atomic mass is 16.2. The van der Waals surface area contributed by atoms with Gasteiger partial charge in [0, 0.05) is 45.1 Å². The largest absolute Gasteiger partial charge is 0.348 e. The zero-order chi connectivity index (χ0) is 15.7. The van der Waals surface area contributed by atoms with Gasteiger partial charge >= 0.3 is 0 Å². The fourth-order valence-electron chi connectivity index (χ4n) is 2.54. The van der Waals surface area contributed by atoms with E-state index < -0.39 is 0 Å². The lowest BCUT2D eigenvalue weighted by atomic mass is 10.1. The van der Waals surface area contributed by atoms with Crippen LogP contribution in [0.25, 0.3) is 0 Å². The van der Waals surface area contributed by atoms with Gasteiger partial charge in [0.1, 0.15) is 0 Å². The van der Waals surface area contributed by atoms with Crippen LogP contribution in [0, 0.1) is 17.8 Å². The third-order valence-electron chi connectivity index (χ3n) is 4.03. The number of hydrogen-bond acceptors (Lipinski definition) is 4. The Morgan fingerprint density at radius 2 is 2.18 bits per heavy atom. The van der Waals surface area contributed by atoms with Crippen LogP contribution in [0.3, 0.4) is 0 Å². The molecule has 3 rings (SSSR count). The number of likely N-dealkylation sites (tertiary alicyclic amines) is 1. The van der Waals surface area contributed by atoms with Crippen LogP contribution in [0.4, 0.5) is 5.95 Å². The maximum Gasteiger partial charge on any atom is 0.298 e. The molecule has 6 heteroatoms. The van der Waals surface area contributed by atoms with Gasteiger partial charge in [0.05, 0.1) is 5.69 Å². The summed E-state index contributed by atoms with van der Waals surface area (Å²) < 4.78 is 0. The number of aromatic nitrogens is 2. The molecule has 22 heavy (non-hydrogen) atoms. The summed E-state index contributed by atoms with van der Waals surface area (Å²) in [7, 11) is 3.67. The lowest BCUT2D eigenvalue weighted by Crippen LogP contribution is -2.27. The number of hydrogen-bond donors (Lipinski definition) is 1. The third kappa shape index (κ3) is 3.30. The van der Waals surface area contributed by atoms with Crippen molar-refractivity contribution in [3.8, 4) is 11.8 Å². The number of nitrogens with one attached hydrogen (secondary N) is 1. The molecule has 0 bridgehead atoms. The zero-order valence-corrected chi connectivity index (χ0v) is 12.9. The molecule has 0 spiro atoms. The topological polar surface area (TPSA) is 69.3 Å². The van der Waals surface area contributed by atoms with Gasteiger partial charge in [0.25, 0.3) is 11.5 Å². The molecule has 1 aliphatic carbocycles. The van der Waals surface area contributed by atoms with Crippen LogP contribution in [-0.4, -0.2) is 48.0 Å². The molecule has 1 saturated carbocycles. The van der Waals surface area contributed by atoms with E-state index in [0.29, 0.717) is 25.0 Å². The number of anilines is 1. The smallest absolute Gasteiger partial charge is 0.298 e. The summed E-state index contributed by atoms with van der Waals surface area (Å²) in [6.07, 6.45) is 3.06. The Balaban J connectivity index is 1.71. The van der Waals surface area contributed by atoms with Crippen molar-refractivity contribution < 1.29 is 4.79 Å². The van der Waals surface area contributed by atoms with Gasteiger partial charge in [0.2, 0.25) is 5.95 Å². The summed E-state index contributed by atoms with van der Waals surface area (Å²) >= 11 is 0. The maximum atomic E-state index is 12.1. The number of carbonyl (C=O) groups is 1. The van der Waals surface area contributed by atoms with Crippen LogP contribution in [-0.2, 0) is 4.79 Å². The van der Waals surface area contributed by atoms with Gasteiger partial charge in [-0.15, -0.1) is 0 Å². The lowest BCUT2D eigenvalue weighted by molar-refractivity contribution is -0.124. The second-order valence-electron chi connectivity index (χ2n) is 6.17. The van der Waals surface area contributed by atoms with Crippen molar-refractivity contribution in [1.29, 1.82) is 0 Å². The minimum absolute atomic E-state index is 0.104. The van der Waals surface area contributed by atoms with Crippen molar-refractivity contribution in [2.24, 2.45) is 5.92 Å². The predicted molar refractivity (Wildman–Crippen MR) is 83.6 cm³/mol. The molecule has 1 amide bonds. The summed E-state index contributed by atoms with van der Waals surface area (Å²) in [6, 6.07) is 1.53. The first-order valence-corrected chi connectivity index (χ1v) is 7.62. The van der Waals surface area contributed by atoms with Crippen molar-refractivity contribution in [3.63, 3.8) is 0 Å². The summed E-state index contributed by atoms with van der Waals surface area (Å²) in [4.78, 5) is 34.5. The summed E-state index contributed by atoms with van der Waals surface area (Å²) in [6.45, 7) is 1.26. The minimum Gasteiger partial charge on any atom is -0.348 e. The van der Waals surface area contributed by atoms with Crippen LogP contribution in [0.15, 0.2) is 10.9 Å². The van der Waals surface area contributed by atoms with Gasteiger partial charge in [-0.1, -0.05) is 5.92 Å². The van der Waals surface area contributed by atoms with Crippen molar-refractivity contribution >= 4 is 11.9 Å². The molecule has 1 N–H and O–H groups in total. The molecule has 1 aliphatic heterocycles. The van der Waals surface area contributed by atoms with E-state index in [1.807, 2.05) is 14.1 Å². The van der Waals surface area contributed by atoms with E-state index in [1.165, 1.54) is 6.07 Å². The second-order valence-corrected chi connectivity index (χ2v) is 6.17. The fourth-order valence-corrected chi connectivity index (χ4v) is 2.54. The number of amides is 1. The Labute approximate surface area is 129 Å². The standard InChI is InChI=1S/C16H20N4O2/c1-19(2)16-17-13(9-14(21)18-16)12-7-8-20(10-12)15(22)6-5-11-3-4-11/h9,11-12H,3-4,7-8,10H2,1-2H3,(H,17,18,21). The molecule has 2 aliphatic rings. The summed E-state index contributed by atoms with van der Waals surface area (Å²) in [5.41, 5.74) is 0.588. The highest BCUT2D eigenvalue weighted by Gasteiger charge is 2.28. The molecule has 116 valence electrons. The zero-order valence-electron chi connectivity index (χ0n) is 12.9. The molecular formula is C16H20N4O2. The van der Waals surface area contributed by atoms with Gasteiger partial charge in [-0.05, 0) is 25.2 Å². The van der Waals surface area contributed by atoms with E-state index in [-0.39, 0.29) is 17.4 Å². The monoisotopic (exact) mass is 300 g/mol. The van der Waals surface area contributed by atoms with Gasteiger partial charge in [-0.2, -0.15) is 0 Å². The fraction of sp³-hybridized carbons (Fsp3) is 0.562. The Hall–Kier alpha value is -2.29. The van der Waals surface area contributed by atoms with Crippen LogP contribution in [0.5, 0.6) is 0 Å². The molecule has 1 aromatic rings. The van der Waals surface area contributed by atoms with Gasteiger partial charge in [-0.3, -0.25) is 14.6 Å². The number of rotatable bonds is 2. The van der Waals surface area contributed by atoms with Crippen LogP contribution >= 0.6 is 0 Å². The van der Waals surface area contributed by atoms with E-state index in [4.69, 9.17) is 0 Å². The number of nitrogens with zero attached hydrogens (tertiary/aromatic N) is 3. The molecule has 6 nitrogen and oxygen atoms in total. The van der Waals surface area contributed by atoms with Crippen LogP contribution in [0.1, 0.15) is 30.9 Å². The van der Waals surface area contributed by atoms with Gasteiger partial charge in [0.15, 0.2) is 0 Å². The maximum absolute atomic E-state index is 12.1. The number of aromatic amines is 1. The van der Waals surface area contributed by atoms with E-state index in [2.05, 4.69) is 21.8 Å². The Kier molecular flexibility index (Phi) is 3.88. The van der Waals surface area contributed by atoms with Crippen molar-refractivity contribution in [3.05, 3.63) is 22.1 Å². The highest BCUT2D eigenvalue weighted by Crippen LogP contribution is 2.28. The third-order valence-corrected chi connectivity index (χ3v) is 4.03.